The number of benzene rings is 1. The highest BCUT2D eigenvalue weighted by molar-refractivity contribution is 5.26. The van der Waals surface area contributed by atoms with E-state index in [4.69, 9.17) is 4.74 Å². The van der Waals surface area contributed by atoms with Gasteiger partial charge in [-0.05, 0) is 36.9 Å². The molecule has 0 saturated heterocycles. The van der Waals surface area contributed by atoms with Gasteiger partial charge in [-0.2, -0.15) is 0 Å². The van der Waals surface area contributed by atoms with Gasteiger partial charge in [0.15, 0.2) is 0 Å². The maximum atomic E-state index is 9.89. The molecule has 2 N–H and O–H groups in total. The molecule has 114 valence electrons. The van der Waals surface area contributed by atoms with Crippen molar-refractivity contribution >= 4 is 0 Å². The molecule has 0 spiro atoms. The normalized spacial score (nSPS) is 14.9. The lowest BCUT2D eigenvalue weighted by Gasteiger charge is -2.27. The highest BCUT2D eigenvalue weighted by Gasteiger charge is 2.19. The molecule has 0 amide bonds. The number of nitrogens with one attached hydrogen (secondary N) is 1. The van der Waals surface area contributed by atoms with Crippen LogP contribution < -0.4 is 10.1 Å². The number of hydrogen-bond donors (Lipinski definition) is 2. The lowest BCUT2D eigenvalue weighted by Crippen LogP contribution is -2.36. The van der Waals surface area contributed by atoms with Crippen LogP contribution in [0.1, 0.15) is 33.3 Å². The van der Waals surface area contributed by atoms with E-state index in [1.54, 1.807) is 0 Å². The van der Waals surface area contributed by atoms with Gasteiger partial charge in [0.2, 0.25) is 0 Å². The average Bonchev–Trinajstić information content (AvgIpc) is 2.37. The standard InChI is InChI=1S/C17H29NO2/c1-13-6-8-16(9-7-13)20-12-15(19)11-18-10-14(2)17(3,4)5/h6-9,14-15,18-19H,10-12H2,1-5H3. The van der Waals surface area contributed by atoms with E-state index in [9.17, 15) is 5.11 Å². The second-order valence-corrected chi connectivity index (χ2v) is 6.70. The third kappa shape index (κ3) is 6.40. The Bertz CT molecular complexity index is 381. The number of ether oxygens (including phenoxy) is 1. The van der Waals surface area contributed by atoms with Crippen molar-refractivity contribution in [1.82, 2.24) is 5.32 Å². The van der Waals surface area contributed by atoms with E-state index in [-0.39, 0.29) is 5.41 Å². The number of aliphatic hydroxyl groups is 1. The van der Waals surface area contributed by atoms with Gasteiger partial charge in [-0.3, -0.25) is 0 Å². The van der Waals surface area contributed by atoms with Crippen LogP contribution in [0.25, 0.3) is 0 Å². The molecule has 1 aromatic carbocycles. The second-order valence-electron chi connectivity index (χ2n) is 6.70. The maximum Gasteiger partial charge on any atom is 0.119 e. The molecular weight excluding hydrogens is 250 g/mol. The van der Waals surface area contributed by atoms with Crippen LogP contribution in [0.15, 0.2) is 24.3 Å². The first-order chi connectivity index (χ1) is 9.29. The van der Waals surface area contributed by atoms with Crippen LogP contribution in [-0.2, 0) is 0 Å². The largest absolute Gasteiger partial charge is 0.491 e. The van der Waals surface area contributed by atoms with Crippen LogP contribution in [0.5, 0.6) is 5.75 Å². The molecule has 1 rings (SSSR count). The Morgan fingerprint density at radius 3 is 2.30 bits per heavy atom. The fraction of sp³-hybridized carbons (Fsp3) is 0.647. The van der Waals surface area contributed by atoms with Crippen LogP contribution in [0.2, 0.25) is 0 Å². The quantitative estimate of drug-likeness (QED) is 0.806. The van der Waals surface area contributed by atoms with Gasteiger partial charge in [0.05, 0.1) is 0 Å². The molecule has 0 aliphatic heterocycles. The molecule has 0 heterocycles. The Balaban J connectivity index is 2.20. The molecule has 2 atom stereocenters. The van der Waals surface area contributed by atoms with Crippen molar-refractivity contribution in [2.75, 3.05) is 19.7 Å². The van der Waals surface area contributed by atoms with E-state index < -0.39 is 6.10 Å². The summed E-state index contributed by atoms with van der Waals surface area (Å²) in [4.78, 5) is 0. The third-order valence-electron chi connectivity index (χ3n) is 3.77. The number of aliphatic hydroxyl groups excluding tert-OH is 1. The molecule has 0 saturated carbocycles. The van der Waals surface area contributed by atoms with Gasteiger partial charge in [-0.25, -0.2) is 0 Å². The summed E-state index contributed by atoms with van der Waals surface area (Å²) in [6.45, 7) is 12.8. The highest BCUT2D eigenvalue weighted by atomic mass is 16.5. The zero-order valence-electron chi connectivity index (χ0n) is 13.4. The molecule has 3 heteroatoms. The molecule has 3 nitrogen and oxygen atoms in total. The predicted molar refractivity (Wildman–Crippen MR) is 84.2 cm³/mol. The number of aryl methyl sites for hydroxylation is 1. The van der Waals surface area contributed by atoms with Crippen molar-refractivity contribution in [2.45, 2.75) is 40.7 Å². The summed E-state index contributed by atoms with van der Waals surface area (Å²) in [7, 11) is 0. The molecule has 0 aliphatic rings. The zero-order chi connectivity index (χ0) is 15.2. The van der Waals surface area contributed by atoms with E-state index in [1.807, 2.05) is 31.2 Å². The molecule has 0 aliphatic carbocycles. The molecule has 0 radical (unpaired) electrons. The fourth-order valence-corrected chi connectivity index (χ4v) is 1.66. The van der Waals surface area contributed by atoms with E-state index in [0.717, 1.165) is 12.3 Å². The van der Waals surface area contributed by atoms with Gasteiger partial charge in [0.25, 0.3) is 0 Å². The lowest BCUT2D eigenvalue weighted by atomic mass is 9.82. The maximum absolute atomic E-state index is 9.89. The first-order valence-corrected chi connectivity index (χ1v) is 7.37. The second kappa shape index (κ2) is 7.65. The minimum absolute atomic E-state index is 0.288. The van der Waals surface area contributed by atoms with E-state index in [0.29, 0.717) is 19.1 Å². The van der Waals surface area contributed by atoms with Crippen molar-refractivity contribution in [3.63, 3.8) is 0 Å². The number of hydrogen-bond acceptors (Lipinski definition) is 3. The summed E-state index contributed by atoms with van der Waals surface area (Å²) in [6.07, 6.45) is -0.483. The Hall–Kier alpha value is -1.06. The lowest BCUT2D eigenvalue weighted by molar-refractivity contribution is 0.103. The van der Waals surface area contributed by atoms with Crippen molar-refractivity contribution in [1.29, 1.82) is 0 Å². The van der Waals surface area contributed by atoms with Gasteiger partial charge in [-0.1, -0.05) is 45.4 Å². The smallest absolute Gasteiger partial charge is 0.119 e. The highest BCUT2D eigenvalue weighted by Crippen LogP contribution is 2.24. The average molecular weight is 279 g/mol. The third-order valence-corrected chi connectivity index (χ3v) is 3.77. The topological polar surface area (TPSA) is 41.5 Å². The van der Waals surface area contributed by atoms with Crippen molar-refractivity contribution in [3.8, 4) is 5.75 Å². The summed E-state index contributed by atoms with van der Waals surface area (Å²) in [6, 6.07) is 7.87. The van der Waals surface area contributed by atoms with Crippen LogP contribution in [0, 0.1) is 18.3 Å². The minimum atomic E-state index is -0.483. The zero-order valence-corrected chi connectivity index (χ0v) is 13.4. The molecule has 2 unspecified atom stereocenters. The van der Waals surface area contributed by atoms with Crippen LogP contribution >= 0.6 is 0 Å². The van der Waals surface area contributed by atoms with Crippen molar-refractivity contribution in [3.05, 3.63) is 29.8 Å². The van der Waals surface area contributed by atoms with E-state index in [1.165, 1.54) is 5.56 Å². The van der Waals surface area contributed by atoms with E-state index in [2.05, 4.69) is 33.0 Å². The van der Waals surface area contributed by atoms with Crippen LogP contribution in [0.4, 0.5) is 0 Å². The Labute approximate surface area is 123 Å². The predicted octanol–water partition coefficient (Wildman–Crippen LogP) is 3.01. The van der Waals surface area contributed by atoms with Gasteiger partial charge in [0.1, 0.15) is 18.5 Å². The summed E-state index contributed by atoms with van der Waals surface area (Å²) in [5.74, 6) is 1.37. The molecule has 0 fully saturated rings. The Morgan fingerprint density at radius 2 is 1.75 bits per heavy atom. The molecule has 0 bridgehead atoms. The summed E-state index contributed by atoms with van der Waals surface area (Å²) in [5, 5.41) is 13.2. The van der Waals surface area contributed by atoms with Gasteiger partial charge in [-0.15, -0.1) is 0 Å². The molecule has 1 aromatic rings. The number of rotatable bonds is 7. The Kier molecular flexibility index (Phi) is 6.50. The molecule has 0 aromatic heterocycles. The van der Waals surface area contributed by atoms with Gasteiger partial charge in [0, 0.05) is 6.54 Å². The van der Waals surface area contributed by atoms with Crippen LogP contribution in [0.3, 0.4) is 0 Å². The molecular formula is C17H29NO2. The van der Waals surface area contributed by atoms with Crippen molar-refractivity contribution in [2.24, 2.45) is 11.3 Å². The fourth-order valence-electron chi connectivity index (χ4n) is 1.66. The first kappa shape index (κ1) is 17.0. The summed E-state index contributed by atoms with van der Waals surface area (Å²) >= 11 is 0. The van der Waals surface area contributed by atoms with Crippen LogP contribution in [-0.4, -0.2) is 30.9 Å². The van der Waals surface area contributed by atoms with Gasteiger partial charge < -0.3 is 15.2 Å². The monoisotopic (exact) mass is 279 g/mol. The first-order valence-electron chi connectivity index (χ1n) is 7.37. The summed E-state index contributed by atoms with van der Waals surface area (Å²) < 4.78 is 5.56. The van der Waals surface area contributed by atoms with E-state index >= 15 is 0 Å². The van der Waals surface area contributed by atoms with Crippen molar-refractivity contribution < 1.29 is 9.84 Å². The summed E-state index contributed by atoms with van der Waals surface area (Å²) in [5.41, 5.74) is 1.49. The Morgan fingerprint density at radius 1 is 1.15 bits per heavy atom. The molecule has 20 heavy (non-hydrogen) atoms. The SMILES string of the molecule is Cc1ccc(OCC(O)CNCC(C)C(C)(C)C)cc1. The minimum Gasteiger partial charge on any atom is -0.491 e. The van der Waals surface area contributed by atoms with Gasteiger partial charge >= 0.3 is 0 Å².